The lowest BCUT2D eigenvalue weighted by molar-refractivity contribution is 0.383. The molecule has 4 nitrogen and oxygen atoms in total. The van der Waals surface area contributed by atoms with Crippen LogP contribution in [0, 0.1) is 0 Å². The van der Waals surface area contributed by atoms with E-state index in [1.807, 2.05) is 0 Å². The number of hydrogen-bond donors (Lipinski definition) is 2. The van der Waals surface area contributed by atoms with Gasteiger partial charge in [0.15, 0.2) is 9.84 Å². The molecule has 2 aliphatic rings. The summed E-state index contributed by atoms with van der Waals surface area (Å²) in [6.07, 6.45) is 5.46. The molecule has 0 amide bonds. The van der Waals surface area contributed by atoms with Crippen LogP contribution in [0.3, 0.4) is 0 Å². The summed E-state index contributed by atoms with van der Waals surface area (Å²) in [4.78, 5) is 0. The number of rotatable bonds is 4. The molecule has 2 N–H and O–H groups in total. The highest BCUT2D eigenvalue weighted by Gasteiger charge is 2.30. The van der Waals surface area contributed by atoms with Crippen LogP contribution in [0.4, 0.5) is 0 Å². The van der Waals surface area contributed by atoms with Crippen molar-refractivity contribution >= 4 is 9.84 Å². The first-order valence-electron chi connectivity index (χ1n) is 6.34. The second kappa shape index (κ2) is 5.47. The second-order valence-electron chi connectivity index (χ2n) is 4.94. The van der Waals surface area contributed by atoms with Gasteiger partial charge >= 0.3 is 0 Å². The molecular weight excluding hydrogens is 224 g/mol. The predicted octanol–water partition coefficient (Wildman–Crippen LogP) is 0.295. The molecule has 2 atom stereocenters. The fourth-order valence-electron chi connectivity index (χ4n) is 2.60. The average Bonchev–Trinajstić information content (AvgIpc) is 2.60. The highest BCUT2D eigenvalue weighted by Crippen LogP contribution is 2.19. The van der Waals surface area contributed by atoms with Gasteiger partial charge in [-0.25, -0.2) is 8.42 Å². The molecule has 2 heterocycles. The molecule has 0 bridgehead atoms. The molecule has 16 heavy (non-hydrogen) atoms. The minimum Gasteiger partial charge on any atom is -0.314 e. The van der Waals surface area contributed by atoms with E-state index in [9.17, 15) is 8.42 Å². The van der Waals surface area contributed by atoms with E-state index in [2.05, 4.69) is 10.6 Å². The van der Waals surface area contributed by atoms with Crippen LogP contribution in [-0.4, -0.2) is 45.1 Å². The van der Waals surface area contributed by atoms with Gasteiger partial charge in [-0.3, -0.25) is 0 Å². The summed E-state index contributed by atoms with van der Waals surface area (Å²) in [6.45, 7) is 2.65. The first-order chi connectivity index (χ1) is 7.68. The Morgan fingerprint density at radius 2 is 2.00 bits per heavy atom. The monoisotopic (exact) mass is 246 g/mol. The number of piperidine rings is 1. The Hall–Kier alpha value is -0.130. The average molecular weight is 246 g/mol. The van der Waals surface area contributed by atoms with Crippen molar-refractivity contribution in [3.8, 4) is 0 Å². The second-order valence-corrected chi connectivity index (χ2v) is 7.34. The molecule has 2 unspecified atom stereocenters. The van der Waals surface area contributed by atoms with Gasteiger partial charge in [0.1, 0.15) is 0 Å². The van der Waals surface area contributed by atoms with Gasteiger partial charge in [0, 0.05) is 19.1 Å². The third kappa shape index (κ3) is 3.18. The van der Waals surface area contributed by atoms with Crippen molar-refractivity contribution in [1.29, 1.82) is 0 Å². The molecule has 0 spiro atoms. The van der Waals surface area contributed by atoms with Gasteiger partial charge in [0.25, 0.3) is 0 Å². The van der Waals surface area contributed by atoms with Crippen LogP contribution in [0.25, 0.3) is 0 Å². The molecule has 5 heteroatoms. The molecule has 2 fully saturated rings. The van der Waals surface area contributed by atoms with Gasteiger partial charge in [-0.1, -0.05) is 6.42 Å². The van der Waals surface area contributed by atoms with Crippen LogP contribution in [0.1, 0.15) is 32.1 Å². The maximum atomic E-state index is 11.6. The minimum absolute atomic E-state index is 0.129. The Balaban J connectivity index is 1.67. The summed E-state index contributed by atoms with van der Waals surface area (Å²) in [5.41, 5.74) is 0. The van der Waals surface area contributed by atoms with Gasteiger partial charge in [-0.15, -0.1) is 0 Å². The van der Waals surface area contributed by atoms with E-state index in [0.717, 1.165) is 25.9 Å². The first kappa shape index (κ1) is 12.3. The lowest BCUT2D eigenvalue weighted by Gasteiger charge is -2.24. The van der Waals surface area contributed by atoms with E-state index >= 15 is 0 Å². The zero-order valence-electron chi connectivity index (χ0n) is 9.74. The van der Waals surface area contributed by atoms with Crippen molar-refractivity contribution in [2.75, 3.05) is 25.4 Å². The Kier molecular flexibility index (Phi) is 4.21. The fraction of sp³-hybridized carbons (Fsp3) is 1.00. The summed E-state index contributed by atoms with van der Waals surface area (Å²) >= 11 is 0. The first-order valence-corrected chi connectivity index (χ1v) is 8.06. The standard InChI is InChI=1S/C11H22N2O2S/c14-16(15)7-3-5-11(16)9-12-8-10-4-1-2-6-13-10/h10-13H,1-9H2. The van der Waals surface area contributed by atoms with Crippen molar-refractivity contribution in [3.05, 3.63) is 0 Å². The third-order valence-electron chi connectivity index (χ3n) is 3.64. The van der Waals surface area contributed by atoms with E-state index in [4.69, 9.17) is 0 Å². The molecule has 2 rings (SSSR count). The highest BCUT2D eigenvalue weighted by molar-refractivity contribution is 7.92. The highest BCUT2D eigenvalue weighted by atomic mass is 32.2. The van der Waals surface area contributed by atoms with E-state index in [1.54, 1.807) is 0 Å². The molecule has 0 saturated carbocycles. The lowest BCUT2D eigenvalue weighted by Crippen LogP contribution is -2.43. The molecule has 94 valence electrons. The molecule has 0 aromatic carbocycles. The zero-order valence-corrected chi connectivity index (χ0v) is 10.6. The number of nitrogens with one attached hydrogen (secondary N) is 2. The van der Waals surface area contributed by atoms with Gasteiger partial charge in [0.2, 0.25) is 0 Å². The molecule has 2 saturated heterocycles. The van der Waals surface area contributed by atoms with Crippen molar-refractivity contribution in [3.63, 3.8) is 0 Å². The largest absolute Gasteiger partial charge is 0.314 e. The molecule has 0 aromatic heterocycles. The van der Waals surface area contributed by atoms with Crippen molar-refractivity contribution < 1.29 is 8.42 Å². The maximum Gasteiger partial charge on any atom is 0.154 e. The van der Waals surface area contributed by atoms with Crippen molar-refractivity contribution in [2.24, 2.45) is 0 Å². The van der Waals surface area contributed by atoms with Gasteiger partial charge in [-0.2, -0.15) is 0 Å². The normalized spacial score (nSPS) is 34.0. The summed E-state index contributed by atoms with van der Waals surface area (Å²) in [7, 11) is -2.77. The molecule has 0 radical (unpaired) electrons. The molecule has 0 aliphatic carbocycles. The van der Waals surface area contributed by atoms with E-state index in [1.165, 1.54) is 19.3 Å². The van der Waals surface area contributed by atoms with Crippen LogP contribution in [-0.2, 0) is 9.84 Å². The number of hydrogen-bond acceptors (Lipinski definition) is 4. The van der Waals surface area contributed by atoms with Crippen LogP contribution in [0.5, 0.6) is 0 Å². The fourth-order valence-corrected chi connectivity index (χ4v) is 4.40. The predicted molar refractivity (Wildman–Crippen MR) is 65.3 cm³/mol. The number of sulfone groups is 1. The Labute approximate surface area is 98.1 Å². The quantitative estimate of drug-likeness (QED) is 0.749. The summed E-state index contributed by atoms with van der Waals surface area (Å²) in [5, 5.41) is 6.64. The van der Waals surface area contributed by atoms with Gasteiger partial charge < -0.3 is 10.6 Å². The van der Waals surface area contributed by atoms with Crippen molar-refractivity contribution in [1.82, 2.24) is 10.6 Å². The molecule has 2 aliphatic heterocycles. The van der Waals surface area contributed by atoms with Gasteiger partial charge in [-0.05, 0) is 32.2 Å². The summed E-state index contributed by atoms with van der Waals surface area (Å²) in [5.74, 6) is 0.390. The van der Waals surface area contributed by atoms with Crippen molar-refractivity contribution in [2.45, 2.75) is 43.4 Å². The van der Waals surface area contributed by atoms with Crippen LogP contribution < -0.4 is 10.6 Å². The third-order valence-corrected chi connectivity index (χ3v) is 5.91. The Morgan fingerprint density at radius 3 is 2.62 bits per heavy atom. The van der Waals surface area contributed by atoms with E-state index in [0.29, 0.717) is 18.3 Å². The summed E-state index contributed by atoms with van der Waals surface area (Å²) < 4.78 is 23.2. The Bertz CT molecular complexity index is 310. The minimum atomic E-state index is -2.77. The van der Waals surface area contributed by atoms with E-state index in [-0.39, 0.29) is 5.25 Å². The summed E-state index contributed by atoms with van der Waals surface area (Å²) in [6, 6.07) is 0.540. The lowest BCUT2D eigenvalue weighted by atomic mass is 10.1. The van der Waals surface area contributed by atoms with E-state index < -0.39 is 9.84 Å². The van der Waals surface area contributed by atoms with Crippen LogP contribution >= 0.6 is 0 Å². The molecular formula is C11H22N2O2S. The zero-order chi connectivity index (χ0) is 11.4. The smallest absolute Gasteiger partial charge is 0.154 e. The Morgan fingerprint density at radius 1 is 1.12 bits per heavy atom. The molecule has 0 aromatic rings. The van der Waals surface area contributed by atoms with Crippen LogP contribution in [0.2, 0.25) is 0 Å². The van der Waals surface area contributed by atoms with Gasteiger partial charge in [0.05, 0.1) is 11.0 Å². The SMILES string of the molecule is O=S1(=O)CCCC1CNCC1CCCCN1. The maximum absolute atomic E-state index is 11.6. The van der Waals surface area contributed by atoms with Crippen LogP contribution in [0.15, 0.2) is 0 Å². The topological polar surface area (TPSA) is 58.2 Å².